The highest BCUT2D eigenvalue weighted by atomic mass is 32.2. The second-order valence-electron chi connectivity index (χ2n) is 8.28. The molecular weight excluding hydrogens is 488 g/mol. The van der Waals surface area contributed by atoms with Crippen molar-refractivity contribution in [1.29, 1.82) is 5.41 Å². The molecule has 4 aromatic carbocycles. The van der Waals surface area contributed by atoms with E-state index in [0.29, 0.717) is 44.9 Å². The van der Waals surface area contributed by atoms with Gasteiger partial charge in [-0.15, -0.1) is 0 Å². The summed E-state index contributed by atoms with van der Waals surface area (Å²) in [6, 6.07) is 26.4. The SMILES string of the molecule is CC(=N)c1cccc(C(=O)Nc2ccccc2NC(=O)c2ccc(-c3ccccc3S(N)(=O)=O)cc2)c1. The van der Waals surface area contributed by atoms with Crippen LogP contribution in [0, 0.1) is 5.41 Å². The first-order valence-corrected chi connectivity index (χ1v) is 12.8. The molecule has 5 N–H and O–H groups in total. The molecule has 0 aliphatic rings. The van der Waals surface area contributed by atoms with Crippen LogP contribution in [-0.2, 0) is 10.0 Å². The van der Waals surface area contributed by atoms with Gasteiger partial charge in [0.05, 0.1) is 16.3 Å². The van der Waals surface area contributed by atoms with Gasteiger partial charge in [-0.3, -0.25) is 9.59 Å². The second kappa shape index (κ2) is 10.6. The Morgan fingerprint density at radius 3 is 1.84 bits per heavy atom. The summed E-state index contributed by atoms with van der Waals surface area (Å²) in [6.07, 6.45) is 0. The van der Waals surface area contributed by atoms with Crippen LogP contribution in [0.15, 0.2) is 102 Å². The van der Waals surface area contributed by atoms with Crippen LogP contribution in [0.2, 0.25) is 0 Å². The topological polar surface area (TPSA) is 142 Å². The Bertz CT molecular complexity index is 1610. The lowest BCUT2D eigenvalue weighted by molar-refractivity contribution is 0.101. The average molecular weight is 513 g/mol. The van der Waals surface area contributed by atoms with Crippen LogP contribution in [0.4, 0.5) is 11.4 Å². The third-order valence-electron chi connectivity index (χ3n) is 5.63. The van der Waals surface area contributed by atoms with E-state index in [0.717, 1.165) is 0 Å². The zero-order valence-corrected chi connectivity index (χ0v) is 20.7. The number of rotatable bonds is 7. The highest BCUT2D eigenvalue weighted by Crippen LogP contribution is 2.27. The largest absolute Gasteiger partial charge is 0.320 e. The first-order valence-electron chi connectivity index (χ1n) is 11.2. The molecule has 0 atom stereocenters. The molecular formula is C28H24N4O4S. The van der Waals surface area contributed by atoms with Gasteiger partial charge in [-0.25, -0.2) is 13.6 Å². The van der Waals surface area contributed by atoms with Gasteiger partial charge in [0.2, 0.25) is 10.0 Å². The summed E-state index contributed by atoms with van der Waals surface area (Å²) in [4.78, 5) is 25.8. The van der Waals surface area contributed by atoms with Gasteiger partial charge in [-0.05, 0) is 60.5 Å². The van der Waals surface area contributed by atoms with E-state index in [4.69, 9.17) is 10.5 Å². The number of primary sulfonamides is 1. The Kier molecular flexibility index (Phi) is 7.28. The third-order valence-corrected chi connectivity index (χ3v) is 6.60. The van der Waals surface area contributed by atoms with Gasteiger partial charge < -0.3 is 16.0 Å². The molecule has 0 heterocycles. The predicted octanol–water partition coefficient (Wildman–Crippen LogP) is 4.89. The smallest absolute Gasteiger partial charge is 0.255 e. The van der Waals surface area contributed by atoms with Gasteiger partial charge in [-0.2, -0.15) is 0 Å². The molecule has 8 nitrogen and oxygen atoms in total. The van der Waals surface area contributed by atoms with Crippen molar-refractivity contribution in [1.82, 2.24) is 0 Å². The number of hydrogen-bond donors (Lipinski definition) is 4. The van der Waals surface area contributed by atoms with Crippen LogP contribution < -0.4 is 15.8 Å². The summed E-state index contributed by atoms with van der Waals surface area (Å²) in [5.41, 5.74) is 3.57. The normalized spacial score (nSPS) is 11.0. The average Bonchev–Trinajstić information content (AvgIpc) is 2.89. The molecule has 4 rings (SSSR count). The van der Waals surface area contributed by atoms with E-state index in [-0.39, 0.29) is 10.8 Å². The van der Waals surface area contributed by atoms with Crippen molar-refractivity contribution in [3.8, 4) is 11.1 Å². The maximum absolute atomic E-state index is 13.0. The molecule has 0 aliphatic carbocycles. The molecule has 2 amide bonds. The van der Waals surface area contributed by atoms with Crippen LogP contribution in [0.25, 0.3) is 11.1 Å². The fourth-order valence-corrected chi connectivity index (χ4v) is 4.50. The third kappa shape index (κ3) is 5.97. The molecule has 0 aromatic heterocycles. The summed E-state index contributed by atoms with van der Waals surface area (Å²) in [6.45, 7) is 1.65. The number of para-hydroxylation sites is 2. The Morgan fingerprint density at radius 2 is 1.24 bits per heavy atom. The number of carbonyl (C=O) groups excluding carboxylic acids is 2. The number of anilines is 2. The number of nitrogens with one attached hydrogen (secondary N) is 3. The number of benzene rings is 4. The minimum absolute atomic E-state index is 0.00168. The summed E-state index contributed by atoms with van der Waals surface area (Å²) < 4.78 is 23.9. The monoisotopic (exact) mass is 512 g/mol. The zero-order chi connectivity index (χ0) is 26.6. The first-order chi connectivity index (χ1) is 17.6. The Labute approximate surface area is 214 Å². The minimum atomic E-state index is -3.91. The van der Waals surface area contributed by atoms with Crippen molar-refractivity contribution >= 4 is 38.9 Å². The molecule has 9 heteroatoms. The number of nitrogens with two attached hydrogens (primary N) is 1. The Hall–Kier alpha value is -4.60. The summed E-state index contributed by atoms with van der Waals surface area (Å²) in [5.74, 6) is -0.780. The minimum Gasteiger partial charge on any atom is -0.320 e. The van der Waals surface area contributed by atoms with E-state index in [1.807, 2.05) is 0 Å². The molecule has 0 saturated heterocycles. The predicted molar refractivity (Wildman–Crippen MR) is 145 cm³/mol. The number of carbonyl (C=O) groups is 2. The summed E-state index contributed by atoms with van der Waals surface area (Å²) in [7, 11) is -3.91. The van der Waals surface area contributed by atoms with Crippen molar-refractivity contribution in [3.05, 3.63) is 114 Å². The zero-order valence-electron chi connectivity index (χ0n) is 19.9. The fraction of sp³-hybridized carbons (Fsp3) is 0.0357. The van der Waals surface area contributed by atoms with Crippen molar-refractivity contribution < 1.29 is 18.0 Å². The van der Waals surface area contributed by atoms with Crippen LogP contribution >= 0.6 is 0 Å². The number of hydrogen-bond acceptors (Lipinski definition) is 5. The standard InChI is InChI=1S/C28H24N4O4S/c1-18(29)21-7-6-8-22(17-21)28(34)32-25-11-4-3-10-24(25)31-27(33)20-15-13-19(14-16-20)23-9-2-5-12-26(23)37(30,35)36/h2-17,29H,1H3,(H,31,33)(H,32,34)(H2,30,35,36). The lowest BCUT2D eigenvalue weighted by Crippen LogP contribution is -2.17. The van der Waals surface area contributed by atoms with E-state index < -0.39 is 15.9 Å². The van der Waals surface area contributed by atoms with E-state index >= 15 is 0 Å². The molecule has 0 unspecified atom stereocenters. The van der Waals surface area contributed by atoms with E-state index in [1.54, 1.807) is 97.9 Å². The number of sulfonamides is 1. The maximum atomic E-state index is 13.0. The quantitative estimate of drug-likeness (QED) is 0.261. The van der Waals surface area contributed by atoms with Crippen molar-refractivity contribution in [2.24, 2.45) is 5.14 Å². The lowest BCUT2D eigenvalue weighted by Gasteiger charge is -2.13. The van der Waals surface area contributed by atoms with Crippen molar-refractivity contribution in [2.45, 2.75) is 11.8 Å². The van der Waals surface area contributed by atoms with Gasteiger partial charge in [0.15, 0.2) is 0 Å². The van der Waals surface area contributed by atoms with Crippen molar-refractivity contribution in [3.63, 3.8) is 0 Å². The van der Waals surface area contributed by atoms with Gasteiger partial charge in [0.25, 0.3) is 11.8 Å². The van der Waals surface area contributed by atoms with Gasteiger partial charge in [0, 0.05) is 22.4 Å². The van der Waals surface area contributed by atoms with Gasteiger partial charge >= 0.3 is 0 Å². The molecule has 186 valence electrons. The highest BCUT2D eigenvalue weighted by Gasteiger charge is 2.16. The summed E-state index contributed by atoms with van der Waals surface area (Å²) >= 11 is 0. The Balaban J connectivity index is 1.53. The van der Waals surface area contributed by atoms with Crippen LogP contribution in [0.1, 0.15) is 33.2 Å². The van der Waals surface area contributed by atoms with Gasteiger partial charge in [0.1, 0.15) is 0 Å². The molecule has 0 saturated carbocycles. The molecule has 0 radical (unpaired) electrons. The van der Waals surface area contributed by atoms with Crippen LogP contribution in [0.3, 0.4) is 0 Å². The van der Waals surface area contributed by atoms with E-state index in [9.17, 15) is 18.0 Å². The van der Waals surface area contributed by atoms with Crippen LogP contribution in [-0.4, -0.2) is 25.9 Å². The lowest BCUT2D eigenvalue weighted by atomic mass is 10.0. The maximum Gasteiger partial charge on any atom is 0.255 e. The molecule has 4 aromatic rings. The molecule has 37 heavy (non-hydrogen) atoms. The highest BCUT2D eigenvalue weighted by molar-refractivity contribution is 7.89. The molecule has 0 fully saturated rings. The van der Waals surface area contributed by atoms with Crippen LogP contribution in [0.5, 0.6) is 0 Å². The fourth-order valence-electron chi connectivity index (χ4n) is 3.74. The summed E-state index contributed by atoms with van der Waals surface area (Å²) in [5, 5.41) is 18.7. The van der Waals surface area contributed by atoms with Crippen molar-refractivity contribution in [2.75, 3.05) is 10.6 Å². The van der Waals surface area contributed by atoms with E-state index in [2.05, 4.69) is 10.6 Å². The first kappa shape index (κ1) is 25.5. The molecule has 0 bridgehead atoms. The number of amides is 2. The van der Waals surface area contributed by atoms with E-state index in [1.165, 1.54) is 6.07 Å². The Morgan fingerprint density at radius 1 is 0.703 bits per heavy atom. The molecule has 0 aliphatic heterocycles. The van der Waals surface area contributed by atoms with Gasteiger partial charge in [-0.1, -0.05) is 54.6 Å². The molecule has 0 spiro atoms. The second-order valence-corrected chi connectivity index (χ2v) is 9.81.